The molecule has 1 unspecified atom stereocenters. The van der Waals surface area contributed by atoms with E-state index in [0.717, 1.165) is 17.5 Å². The van der Waals surface area contributed by atoms with Crippen LogP contribution in [-0.4, -0.2) is 35.8 Å². The van der Waals surface area contributed by atoms with Gasteiger partial charge in [0, 0.05) is 37.0 Å². The van der Waals surface area contributed by atoms with Crippen molar-refractivity contribution < 1.29 is 30.7 Å². The van der Waals surface area contributed by atoms with E-state index >= 15 is 0 Å². The van der Waals surface area contributed by atoms with Gasteiger partial charge in [0.15, 0.2) is 5.82 Å². The summed E-state index contributed by atoms with van der Waals surface area (Å²) in [6, 6.07) is 0.559. The van der Waals surface area contributed by atoms with Crippen LogP contribution >= 0.6 is 23.2 Å². The zero-order chi connectivity index (χ0) is 24.6. The van der Waals surface area contributed by atoms with Gasteiger partial charge in [-0.2, -0.15) is 13.2 Å². The molecule has 1 atom stereocenters. The summed E-state index contributed by atoms with van der Waals surface area (Å²) in [4.78, 5) is 8.80. The summed E-state index contributed by atoms with van der Waals surface area (Å²) in [5.74, 6) is -3.30. The second-order valence-corrected chi connectivity index (χ2v) is 8.44. The normalized spacial score (nSPS) is 19.1. The molecule has 1 aromatic carbocycles. The lowest BCUT2D eigenvalue weighted by Gasteiger charge is -2.33. The molecular formula is C20H19Cl2F7N4. The molecule has 1 saturated heterocycles. The highest BCUT2D eigenvalue weighted by Gasteiger charge is 2.61. The number of rotatable bonds is 7. The molecule has 1 aliphatic heterocycles. The average molecular weight is 519 g/mol. The molecule has 13 heteroatoms. The fourth-order valence-corrected chi connectivity index (χ4v) is 4.25. The lowest BCUT2D eigenvalue weighted by Crippen LogP contribution is -2.45. The molecule has 0 radical (unpaired) electrons. The first-order valence-corrected chi connectivity index (χ1v) is 10.7. The van der Waals surface area contributed by atoms with Crippen LogP contribution < -0.4 is 10.2 Å². The summed E-state index contributed by atoms with van der Waals surface area (Å²) in [5, 5.41) is 1.02. The highest BCUT2D eigenvalue weighted by molar-refractivity contribution is 6.35. The SMILES string of the molecule is CCCNCc1cnc(N2CCC(c3cc(Cl)c(F)c(Cl)c3F)(C(F)(F)F)C2)nc1C(F)F. The van der Waals surface area contributed by atoms with Crippen LogP contribution in [0.1, 0.15) is 43.0 Å². The highest BCUT2D eigenvalue weighted by Crippen LogP contribution is 2.50. The Kier molecular flexibility index (Phi) is 7.65. The van der Waals surface area contributed by atoms with Crippen molar-refractivity contribution >= 4 is 29.2 Å². The Morgan fingerprint density at radius 3 is 2.52 bits per heavy atom. The Labute approximate surface area is 195 Å². The Morgan fingerprint density at radius 1 is 1.21 bits per heavy atom. The van der Waals surface area contributed by atoms with Gasteiger partial charge in [0.1, 0.15) is 21.9 Å². The van der Waals surface area contributed by atoms with E-state index < -0.39 is 63.9 Å². The van der Waals surface area contributed by atoms with Gasteiger partial charge in [-0.15, -0.1) is 0 Å². The number of anilines is 1. The molecule has 182 valence electrons. The zero-order valence-corrected chi connectivity index (χ0v) is 18.7. The third kappa shape index (κ3) is 4.85. The lowest BCUT2D eigenvalue weighted by atomic mass is 9.78. The van der Waals surface area contributed by atoms with E-state index in [4.69, 9.17) is 23.2 Å². The summed E-state index contributed by atoms with van der Waals surface area (Å²) >= 11 is 11.2. The van der Waals surface area contributed by atoms with Crippen molar-refractivity contribution in [1.29, 1.82) is 0 Å². The molecule has 3 rings (SSSR count). The van der Waals surface area contributed by atoms with Gasteiger partial charge >= 0.3 is 6.18 Å². The van der Waals surface area contributed by atoms with Crippen LogP contribution in [-0.2, 0) is 12.0 Å². The fourth-order valence-electron chi connectivity index (χ4n) is 3.79. The molecular weight excluding hydrogens is 500 g/mol. The molecule has 0 saturated carbocycles. The predicted molar refractivity (Wildman–Crippen MR) is 110 cm³/mol. The van der Waals surface area contributed by atoms with Crippen LogP contribution in [0.3, 0.4) is 0 Å². The van der Waals surface area contributed by atoms with Gasteiger partial charge in [0.25, 0.3) is 6.43 Å². The van der Waals surface area contributed by atoms with Crippen molar-refractivity contribution in [2.24, 2.45) is 0 Å². The molecule has 0 bridgehead atoms. The number of alkyl halides is 5. The molecule has 2 heterocycles. The number of hydrogen-bond donors (Lipinski definition) is 1. The maximum atomic E-state index is 14.7. The molecule has 0 spiro atoms. The van der Waals surface area contributed by atoms with Gasteiger partial charge in [-0.25, -0.2) is 27.5 Å². The Morgan fingerprint density at radius 2 is 1.91 bits per heavy atom. The van der Waals surface area contributed by atoms with Crippen molar-refractivity contribution in [2.75, 3.05) is 24.5 Å². The van der Waals surface area contributed by atoms with Crippen LogP contribution in [0.25, 0.3) is 0 Å². The smallest absolute Gasteiger partial charge is 0.340 e. The van der Waals surface area contributed by atoms with E-state index in [1.54, 1.807) is 0 Å². The largest absolute Gasteiger partial charge is 0.400 e. The summed E-state index contributed by atoms with van der Waals surface area (Å²) in [7, 11) is 0. The quantitative estimate of drug-likeness (QED) is 0.205. The first-order chi connectivity index (χ1) is 15.4. The topological polar surface area (TPSA) is 41.1 Å². The van der Waals surface area contributed by atoms with Gasteiger partial charge in [0.2, 0.25) is 5.95 Å². The number of halogens is 9. The second-order valence-electron chi connectivity index (χ2n) is 7.66. The van der Waals surface area contributed by atoms with Crippen molar-refractivity contribution in [2.45, 2.75) is 44.3 Å². The fraction of sp³-hybridized carbons (Fsp3) is 0.500. The monoisotopic (exact) mass is 518 g/mol. The average Bonchev–Trinajstić information content (AvgIpc) is 3.21. The Bertz CT molecular complexity index is 1020. The zero-order valence-electron chi connectivity index (χ0n) is 17.2. The van der Waals surface area contributed by atoms with Gasteiger partial charge in [-0.05, 0) is 25.5 Å². The molecule has 0 amide bonds. The first-order valence-electron chi connectivity index (χ1n) is 9.92. The van der Waals surface area contributed by atoms with Gasteiger partial charge in [-0.1, -0.05) is 30.1 Å². The molecule has 1 N–H and O–H groups in total. The molecule has 1 fully saturated rings. The van der Waals surface area contributed by atoms with Crippen LogP contribution in [0.2, 0.25) is 10.0 Å². The molecule has 4 nitrogen and oxygen atoms in total. The maximum absolute atomic E-state index is 14.7. The summed E-state index contributed by atoms with van der Waals surface area (Å²) in [6.45, 7) is 1.33. The predicted octanol–water partition coefficient (Wildman–Crippen LogP) is 6.21. The minimum atomic E-state index is -5.00. The van der Waals surface area contributed by atoms with Crippen molar-refractivity contribution in [3.63, 3.8) is 0 Å². The number of nitrogens with zero attached hydrogens (tertiary/aromatic N) is 3. The number of aromatic nitrogens is 2. The van der Waals surface area contributed by atoms with E-state index in [1.807, 2.05) is 6.92 Å². The third-order valence-electron chi connectivity index (χ3n) is 5.55. The standard InChI is InChI=1S/C20H19Cl2F7N4/c1-2-4-30-7-10-8-31-18(32-16(10)17(25)26)33-5-3-19(9-33,20(27,28)29)11-6-12(21)15(24)13(22)14(11)23/h6,8,17,30H,2-5,7,9H2,1H3. The summed E-state index contributed by atoms with van der Waals surface area (Å²) < 4.78 is 98.3. The van der Waals surface area contributed by atoms with E-state index in [9.17, 15) is 30.7 Å². The number of benzene rings is 1. The molecule has 1 aromatic heterocycles. The molecule has 0 aliphatic carbocycles. The van der Waals surface area contributed by atoms with Gasteiger partial charge < -0.3 is 10.2 Å². The van der Waals surface area contributed by atoms with Crippen molar-refractivity contribution in [3.05, 3.63) is 50.8 Å². The van der Waals surface area contributed by atoms with Gasteiger partial charge in [0.05, 0.1) is 5.02 Å². The van der Waals surface area contributed by atoms with Crippen LogP contribution in [0, 0.1) is 11.6 Å². The van der Waals surface area contributed by atoms with E-state index in [1.165, 1.54) is 0 Å². The van der Waals surface area contributed by atoms with E-state index in [0.29, 0.717) is 12.6 Å². The van der Waals surface area contributed by atoms with Gasteiger partial charge in [-0.3, -0.25) is 0 Å². The Hall–Kier alpha value is -1.85. The summed E-state index contributed by atoms with van der Waals surface area (Å²) in [6.07, 6.45) is -6.75. The maximum Gasteiger partial charge on any atom is 0.400 e. The third-order valence-corrected chi connectivity index (χ3v) is 6.15. The number of nitrogens with one attached hydrogen (secondary N) is 1. The lowest BCUT2D eigenvalue weighted by molar-refractivity contribution is -0.185. The Balaban J connectivity index is 2.00. The minimum absolute atomic E-state index is 0.0675. The number of hydrogen-bond acceptors (Lipinski definition) is 4. The van der Waals surface area contributed by atoms with Crippen molar-refractivity contribution in [1.82, 2.24) is 15.3 Å². The van der Waals surface area contributed by atoms with Crippen LogP contribution in [0.5, 0.6) is 0 Å². The summed E-state index contributed by atoms with van der Waals surface area (Å²) in [5.41, 5.74) is -4.24. The second kappa shape index (κ2) is 9.79. The highest BCUT2D eigenvalue weighted by atomic mass is 35.5. The van der Waals surface area contributed by atoms with E-state index in [-0.39, 0.29) is 24.6 Å². The van der Waals surface area contributed by atoms with E-state index in [2.05, 4.69) is 15.3 Å². The first kappa shape index (κ1) is 25.8. The molecule has 33 heavy (non-hydrogen) atoms. The molecule has 2 aromatic rings. The van der Waals surface area contributed by atoms with Crippen LogP contribution in [0.15, 0.2) is 12.3 Å². The van der Waals surface area contributed by atoms with Crippen LogP contribution in [0.4, 0.5) is 36.7 Å². The van der Waals surface area contributed by atoms with Crippen molar-refractivity contribution in [3.8, 4) is 0 Å². The molecule has 1 aliphatic rings. The minimum Gasteiger partial charge on any atom is -0.340 e.